The van der Waals surface area contributed by atoms with Gasteiger partial charge in [-0.1, -0.05) is 13.0 Å². The molecule has 0 saturated carbocycles. The van der Waals surface area contributed by atoms with Gasteiger partial charge in [-0.2, -0.15) is 5.10 Å². The Bertz CT molecular complexity index is 718. The van der Waals surface area contributed by atoms with Gasteiger partial charge in [-0.25, -0.2) is 9.67 Å². The molecule has 1 aromatic rings. The molecule has 0 N–H and O–H groups in total. The van der Waals surface area contributed by atoms with Gasteiger partial charge in [0.05, 0.1) is 12.5 Å². The van der Waals surface area contributed by atoms with Crippen LogP contribution < -0.4 is 0 Å². The van der Waals surface area contributed by atoms with Crippen LogP contribution in [-0.4, -0.2) is 62.6 Å². The molecule has 27 heavy (non-hydrogen) atoms. The second-order valence-electron chi connectivity index (χ2n) is 8.18. The van der Waals surface area contributed by atoms with Gasteiger partial charge in [-0.05, 0) is 38.5 Å². The SMILES string of the molecule is C=CCN1CC2(CCC1=O)CCN(C(=O)C(C)Cn1nc(C)nc1C)CC2. The predicted octanol–water partition coefficient (Wildman–Crippen LogP) is 1.95. The Morgan fingerprint density at radius 1 is 1.30 bits per heavy atom. The summed E-state index contributed by atoms with van der Waals surface area (Å²) < 4.78 is 1.82. The zero-order valence-electron chi connectivity index (χ0n) is 16.8. The molecule has 7 nitrogen and oxygen atoms in total. The minimum atomic E-state index is -0.121. The number of hydrogen-bond acceptors (Lipinski definition) is 4. The number of carbonyl (C=O) groups is 2. The van der Waals surface area contributed by atoms with Crippen molar-refractivity contribution in [3.8, 4) is 0 Å². The van der Waals surface area contributed by atoms with E-state index in [1.165, 1.54) is 0 Å². The first-order valence-electron chi connectivity index (χ1n) is 9.89. The summed E-state index contributed by atoms with van der Waals surface area (Å²) in [5, 5.41) is 4.37. The number of aromatic nitrogens is 3. The number of aryl methyl sites for hydroxylation is 2. The molecular formula is C20H31N5O2. The third-order valence-electron chi connectivity index (χ3n) is 6.06. The maximum absolute atomic E-state index is 12.9. The number of piperidine rings is 2. The van der Waals surface area contributed by atoms with Gasteiger partial charge in [0.25, 0.3) is 0 Å². The van der Waals surface area contributed by atoms with Crippen molar-refractivity contribution in [1.29, 1.82) is 0 Å². The number of rotatable bonds is 5. The molecule has 148 valence electrons. The Morgan fingerprint density at radius 2 is 2.00 bits per heavy atom. The van der Waals surface area contributed by atoms with Crippen molar-refractivity contribution < 1.29 is 9.59 Å². The summed E-state index contributed by atoms with van der Waals surface area (Å²) >= 11 is 0. The molecule has 0 aromatic carbocycles. The summed E-state index contributed by atoms with van der Waals surface area (Å²) in [7, 11) is 0. The maximum atomic E-state index is 12.9. The quantitative estimate of drug-likeness (QED) is 0.740. The van der Waals surface area contributed by atoms with Crippen molar-refractivity contribution in [2.45, 2.75) is 53.0 Å². The average Bonchev–Trinajstić information content (AvgIpc) is 2.95. The van der Waals surface area contributed by atoms with Gasteiger partial charge in [0.15, 0.2) is 0 Å². The summed E-state index contributed by atoms with van der Waals surface area (Å²) in [6, 6.07) is 0. The van der Waals surface area contributed by atoms with Crippen molar-refractivity contribution in [2.75, 3.05) is 26.2 Å². The van der Waals surface area contributed by atoms with Gasteiger partial charge in [-0.15, -0.1) is 6.58 Å². The Hall–Kier alpha value is -2.18. The summed E-state index contributed by atoms with van der Waals surface area (Å²) in [6.07, 6.45) is 5.28. The highest BCUT2D eigenvalue weighted by Crippen LogP contribution is 2.40. The molecule has 2 aliphatic heterocycles. The number of nitrogens with zero attached hydrogens (tertiary/aromatic N) is 5. The number of hydrogen-bond donors (Lipinski definition) is 0. The van der Waals surface area contributed by atoms with Crippen LogP contribution in [0, 0.1) is 25.2 Å². The smallest absolute Gasteiger partial charge is 0.227 e. The Kier molecular flexibility index (Phi) is 5.67. The van der Waals surface area contributed by atoms with Crippen LogP contribution in [0.15, 0.2) is 12.7 Å². The lowest BCUT2D eigenvalue weighted by molar-refractivity contribution is -0.143. The van der Waals surface area contributed by atoms with Gasteiger partial charge in [0.2, 0.25) is 11.8 Å². The van der Waals surface area contributed by atoms with Crippen LogP contribution in [-0.2, 0) is 16.1 Å². The molecule has 1 spiro atoms. The fourth-order valence-corrected chi connectivity index (χ4v) is 4.42. The first-order valence-corrected chi connectivity index (χ1v) is 9.89. The monoisotopic (exact) mass is 373 g/mol. The third-order valence-corrected chi connectivity index (χ3v) is 6.06. The first-order chi connectivity index (χ1) is 12.8. The Labute approximate surface area is 161 Å². The molecule has 3 heterocycles. The summed E-state index contributed by atoms with van der Waals surface area (Å²) in [6.45, 7) is 13.0. The molecule has 1 atom stereocenters. The van der Waals surface area contributed by atoms with Crippen LogP contribution in [0.2, 0.25) is 0 Å². The van der Waals surface area contributed by atoms with Gasteiger partial charge in [0, 0.05) is 32.6 Å². The van der Waals surface area contributed by atoms with Gasteiger partial charge >= 0.3 is 0 Å². The fourth-order valence-electron chi connectivity index (χ4n) is 4.42. The molecular weight excluding hydrogens is 342 g/mol. The molecule has 0 radical (unpaired) electrons. The molecule has 7 heteroatoms. The molecule has 2 aliphatic rings. The second-order valence-corrected chi connectivity index (χ2v) is 8.18. The first kappa shape index (κ1) is 19.6. The van der Waals surface area contributed by atoms with E-state index >= 15 is 0 Å². The van der Waals surface area contributed by atoms with E-state index in [1.54, 1.807) is 6.08 Å². The van der Waals surface area contributed by atoms with Crippen LogP contribution in [0.4, 0.5) is 0 Å². The molecule has 1 aromatic heterocycles. The van der Waals surface area contributed by atoms with Gasteiger partial charge in [-0.3, -0.25) is 9.59 Å². The van der Waals surface area contributed by atoms with E-state index in [0.29, 0.717) is 19.5 Å². The minimum Gasteiger partial charge on any atom is -0.342 e. The highest BCUT2D eigenvalue weighted by molar-refractivity contribution is 5.79. The van der Waals surface area contributed by atoms with Crippen molar-refractivity contribution in [3.05, 3.63) is 24.3 Å². The van der Waals surface area contributed by atoms with E-state index in [1.807, 2.05) is 35.3 Å². The maximum Gasteiger partial charge on any atom is 0.227 e. The molecule has 1 unspecified atom stereocenters. The van der Waals surface area contributed by atoms with Crippen molar-refractivity contribution in [3.63, 3.8) is 0 Å². The lowest BCUT2D eigenvalue weighted by Crippen LogP contribution is -2.53. The minimum absolute atomic E-state index is 0.121. The van der Waals surface area contributed by atoms with E-state index in [9.17, 15) is 9.59 Å². The van der Waals surface area contributed by atoms with E-state index in [4.69, 9.17) is 0 Å². The molecule has 2 saturated heterocycles. The van der Waals surface area contributed by atoms with E-state index in [-0.39, 0.29) is 23.1 Å². The molecule has 2 fully saturated rings. The standard InChI is InChI=1S/C20H31N5O2/c1-5-10-24-14-20(7-6-18(24)26)8-11-23(12-9-20)19(27)15(2)13-25-17(4)21-16(3)22-25/h5,15H,1,6-14H2,2-4H3. The summed E-state index contributed by atoms with van der Waals surface area (Å²) in [5.41, 5.74) is 0.163. The lowest BCUT2D eigenvalue weighted by Gasteiger charge is -2.47. The largest absolute Gasteiger partial charge is 0.342 e. The van der Waals surface area contributed by atoms with Crippen LogP contribution in [0.3, 0.4) is 0 Å². The second kappa shape index (κ2) is 7.82. The number of carbonyl (C=O) groups excluding carboxylic acids is 2. The van der Waals surface area contributed by atoms with Crippen LogP contribution >= 0.6 is 0 Å². The Balaban J connectivity index is 1.56. The zero-order valence-corrected chi connectivity index (χ0v) is 16.8. The number of likely N-dealkylation sites (tertiary alicyclic amines) is 2. The van der Waals surface area contributed by atoms with Crippen LogP contribution in [0.5, 0.6) is 0 Å². The molecule has 0 aliphatic carbocycles. The molecule has 2 amide bonds. The predicted molar refractivity (Wildman–Crippen MR) is 103 cm³/mol. The normalized spacial score (nSPS) is 20.8. The van der Waals surface area contributed by atoms with Crippen molar-refractivity contribution in [1.82, 2.24) is 24.6 Å². The third kappa shape index (κ3) is 4.22. The molecule has 0 bridgehead atoms. The molecule has 3 rings (SSSR count). The zero-order chi connectivity index (χ0) is 19.6. The van der Waals surface area contributed by atoms with Crippen molar-refractivity contribution in [2.24, 2.45) is 11.3 Å². The summed E-state index contributed by atoms with van der Waals surface area (Å²) in [5.74, 6) is 1.88. The summed E-state index contributed by atoms with van der Waals surface area (Å²) in [4.78, 5) is 33.2. The number of amides is 2. The van der Waals surface area contributed by atoms with E-state index in [2.05, 4.69) is 16.7 Å². The highest BCUT2D eigenvalue weighted by Gasteiger charge is 2.41. The van der Waals surface area contributed by atoms with Gasteiger partial charge < -0.3 is 9.80 Å². The highest BCUT2D eigenvalue weighted by atomic mass is 16.2. The average molecular weight is 374 g/mol. The van der Waals surface area contributed by atoms with E-state index in [0.717, 1.165) is 50.5 Å². The topological polar surface area (TPSA) is 71.3 Å². The fraction of sp³-hybridized carbons (Fsp3) is 0.700. The van der Waals surface area contributed by atoms with Crippen molar-refractivity contribution >= 4 is 11.8 Å². The Morgan fingerprint density at radius 3 is 2.59 bits per heavy atom. The van der Waals surface area contributed by atoms with Crippen LogP contribution in [0.25, 0.3) is 0 Å². The lowest BCUT2D eigenvalue weighted by atomic mass is 9.72. The van der Waals surface area contributed by atoms with Gasteiger partial charge in [0.1, 0.15) is 11.6 Å². The van der Waals surface area contributed by atoms with E-state index < -0.39 is 0 Å². The van der Waals surface area contributed by atoms with Crippen LogP contribution in [0.1, 0.15) is 44.3 Å².